The van der Waals surface area contributed by atoms with Crippen molar-refractivity contribution in [1.29, 1.82) is 0 Å². The molecule has 1 amide bonds. The Bertz CT molecular complexity index is 632. The number of amides is 1. The second kappa shape index (κ2) is 7.01. The molecule has 2 aliphatic heterocycles. The highest BCUT2D eigenvalue weighted by Gasteiger charge is 2.53. The molecule has 25 heavy (non-hydrogen) atoms. The molecule has 3 atom stereocenters. The number of nitrogens with zero attached hydrogens (tertiary/aromatic N) is 1. The Morgan fingerprint density at radius 3 is 2.68 bits per heavy atom. The van der Waals surface area contributed by atoms with Gasteiger partial charge in [0, 0.05) is 6.42 Å². The fourth-order valence-corrected chi connectivity index (χ4v) is 3.30. The molecular weight excluding hydrogens is 326 g/mol. The first-order valence-electron chi connectivity index (χ1n) is 8.30. The van der Waals surface area contributed by atoms with Crippen molar-refractivity contribution in [3.63, 3.8) is 0 Å². The number of esters is 1. The largest absolute Gasteiger partial charge is 0.467 e. The molecule has 2 aliphatic rings. The monoisotopic (exact) mass is 349 g/mol. The molecule has 3 unspecified atom stereocenters. The summed E-state index contributed by atoms with van der Waals surface area (Å²) in [6.07, 6.45) is -0.499. The van der Waals surface area contributed by atoms with E-state index in [2.05, 4.69) is 0 Å². The van der Waals surface area contributed by atoms with Gasteiger partial charge in [-0.15, -0.1) is 0 Å². The Labute approximate surface area is 146 Å². The molecule has 0 radical (unpaired) electrons. The third-order valence-electron chi connectivity index (χ3n) is 4.50. The molecule has 1 aromatic rings. The van der Waals surface area contributed by atoms with Crippen LogP contribution in [0.4, 0.5) is 4.79 Å². The minimum Gasteiger partial charge on any atom is -0.467 e. The van der Waals surface area contributed by atoms with E-state index in [-0.39, 0.29) is 25.4 Å². The van der Waals surface area contributed by atoms with Crippen LogP contribution in [0.2, 0.25) is 0 Å². The quantitative estimate of drug-likeness (QED) is 0.778. The van der Waals surface area contributed by atoms with Crippen LogP contribution in [0.1, 0.15) is 25.8 Å². The van der Waals surface area contributed by atoms with Crippen molar-refractivity contribution in [2.45, 2.75) is 50.8 Å². The van der Waals surface area contributed by atoms with Crippen LogP contribution in [0.3, 0.4) is 0 Å². The first-order chi connectivity index (χ1) is 11.9. The summed E-state index contributed by atoms with van der Waals surface area (Å²) in [6, 6.07) is 8.26. The molecule has 0 aliphatic carbocycles. The van der Waals surface area contributed by atoms with Crippen molar-refractivity contribution in [3.05, 3.63) is 35.9 Å². The van der Waals surface area contributed by atoms with Gasteiger partial charge in [-0.2, -0.15) is 0 Å². The zero-order valence-electron chi connectivity index (χ0n) is 14.6. The topological polar surface area (TPSA) is 74.3 Å². The molecule has 0 saturated carbocycles. The predicted molar refractivity (Wildman–Crippen MR) is 87.6 cm³/mol. The molecule has 2 saturated heterocycles. The molecule has 2 fully saturated rings. The Morgan fingerprint density at radius 1 is 1.28 bits per heavy atom. The number of hydrogen-bond acceptors (Lipinski definition) is 6. The number of rotatable bonds is 3. The Morgan fingerprint density at radius 2 is 2.00 bits per heavy atom. The number of likely N-dealkylation sites (tertiary alicyclic amines) is 1. The Hall–Kier alpha value is -2.12. The number of carbonyl (C=O) groups excluding carboxylic acids is 2. The fourth-order valence-electron chi connectivity index (χ4n) is 3.30. The maximum Gasteiger partial charge on any atom is 0.411 e. The van der Waals surface area contributed by atoms with Crippen LogP contribution in [-0.2, 0) is 30.3 Å². The van der Waals surface area contributed by atoms with Crippen LogP contribution in [0.5, 0.6) is 0 Å². The summed E-state index contributed by atoms with van der Waals surface area (Å²) in [4.78, 5) is 26.2. The average molecular weight is 349 g/mol. The molecule has 136 valence electrons. The third kappa shape index (κ3) is 3.77. The maximum absolute atomic E-state index is 12.7. The van der Waals surface area contributed by atoms with Gasteiger partial charge in [0.1, 0.15) is 12.6 Å². The third-order valence-corrected chi connectivity index (χ3v) is 4.50. The fraction of sp³-hybridized carbons (Fsp3) is 0.556. The van der Waals surface area contributed by atoms with Gasteiger partial charge in [0.15, 0.2) is 5.79 Å². The lowest BCUT2D eigenvalue weighted by Gasteiger charge is -2.39. The molecule has 0 bridgehead atoms. The van der Waals surface area contributed by atoms with E-state index < -0.39 is 23.9 Å². The van der Waals surface area contributed by atoms with Crippen molar-refractivity contribution in [2.24, 2.45) is 0 Å². The van der Waals surface area contributed by atoms with Gasteiger partial charge in [-0.05, 0) is 19.4 Å². The van der Waals surface area contributed by atoms with E-state index in [1.54, 1.807) is 0 Å². The zero-order chi connectivity index (χ0) is 18.0. The number of methoxy groups -OCH3 is 1. The summed E-state index contributed by atoms with van der Waals surface area (Å²) in [5.41, 5.74) is 0.874. The standard InChI is InChI=1S/C18H23NO6/c1-18(2)24-11-14-15(25-18)9-13(16(20)22-3)19(14)17(21)23-10-12-7-5-4-6-8-12/h4-8,13-15H,9-11H2,1-3H3. The average Bonchev–Trinajstić information content (AvgIpc) is 2.97. The highest BCUT2D eigenvalue weighted by Crippen LogP contribution is 2.36. The van der Waals surface area contributed by atoms with Gasteiger partial charge in [-0.1, -0.05) is 30.3 Å². The van der Waals surface area contributed by atoms with Gasteiger partial charge in [0.05, 0.1) is 25.9 Å². The summed E-state index contributed by atoms with van der Waals surface area (Å²) in [5, 5.41) is 0. The molecule has 3 rings (SSSR count). The molecule has 2 heterocycles. The highest BCUT2D eigenvalue weighted by atomic mass is 16.7. The second-order valence-corrected chi connectivity index (χ2v) is 6.66. The normalized spacial score (nSPS) is 27.5. The van der Waals surface area contributed by atoms with Gasteiger partial charge in [-0.3, -0.25) is 4.90 Å². The van der Waals surface area contributed by atoms with E-state index >= 15 is 0 Å². The van der Waals surface area contributed by atoms with Gasteiger partial charge < -0.3 is 18.9 Å². The van der Waals surface area contributed by atoms with Crippen LogP contribution in [0.15, 0.2) is 30.3 Å². The predicted octanol–water partition coefficient (Wildman–Crippen LogP) is 2.09. The summed E-state index contributed by atoms with van der Waals surface area (Å²) in [6.45, 7) is 4.04. The number of ether oxygens (including phenoxy) is 4. The molecule has 0 aromatic heterocycles. The molecule has 0 spiro atoms. The first-order valence-corrected chi connectivity index (χ1v) is 8.30. The SMILES string of the molecule is COC(=O)C1CC2OC(C)(C)OCC2N1C(=O)OCc1ccccc1. The van der Waals surface area contributed by atoms with E-state index in [9.17, 15) is 9.59 Å². The van der Waals surface area contributed by atoms with Crippen LogP contribution in [-0.4, -0.2) is 54.7 Å². The van der Waals surface area contributed by atoms with Gasteiger partial charge in [0.2, 0.25) is 0 Å². The van der Waals surface area contributed by atoms with Gasteiger partial charge in [-0.25, -0.2) is 9.59 Å². The molecule has 1 aromatic carbocycles. The van der Waals surface area contributed by atoms with Crippen LogP contribution in [0, 0.1) is 0 Å². The van der Waals surface area contributed by atoms with Crippen molar-refractivity contribution in [1.82, 2.24) is 4.90 Å². The van der Waals surface area contributed by atoms with E-state index in [0.29, 0.717) is 6.42 Å². The van der Waals surface area contributed by atoms with E-state index in [1.165, 1.54) is 12.0 Å². The van der Waals surface area contributed by atoms with E-state index in [0.717, 1.165) is 5.56 Å². The van der Waals surface area contributed by atoms with Crippen LogP contribution in [0.25, 0.3) is 0 Å². The van der Waals surface area contributed by atoms with E-state index in [1.807, 2.05) is 44.2 Å². The lowest BCUT2D eigenvalue weighted by Crippen LogP contribution is -2.54. The number of fused-ring (bicyclic) bond motifs is 1. The Balaban J connectivity index is 1.73. The number of carbonyl (C=O) groups is 2. The van der Waals surface area contributed by atoms with Crippen molar-refractivity contribution < 1.29 is 28.5 Å². The Kier molecular flexibility index (Phi) is 4.96. The van der Waals surface area contributed by atoms with Crippen molar-refractivity contribution in [2.75, 3.05) is 13.7 Å². The minimum atomic E-state index is -0.744. The smallest absolute Gasteiger partial charge is 0.411 e. The van der Waals surface area contributed by atoms with Crippen LogP contribution >= 0.6 is 0 Å². The summed E-state index contributed by atoms with van der Waals surface area (Å²) in [5.74, 6) is -1.22. The molecule has 7 nitrogen and oxygen atoms in total. The van der Waals surface area contributed by atoms with Crippen molar-refractivity contribution >= 4 is 12.1 Å². The van der Waals surface area contributed by atoms with E-state index in [4.69, 9.17) is 18.9 Å². The summed E-state index contributed by atoms with van der Waals surface area (Å²) < 4.78 is 21.8. The second-order valence-electron chi connectivity index (χ2n) is 6.66. The first kappa shape index (κ1) is 17.7. The minimum absolute atomic E-state index is 0.134. The lowest BCUT2D eigenvalue weighted by atomic mass is 10.1. The molecule has 0 N–H and O–H groups in total. The summed E-state index contributed by atoms with van der Waals surface area (Å²) >= 11 is 0. The number of hydrogen-bond donors (Lipinski definition) is 0. The van der Waals surface area contributed by atoms with Crippen molar-refractivity contribution in [3.8, 4) is 0 Å². The summed E-state index contributed by atoms with van der Waals surface area (Å²) in [7, 11) is 1.30. The zero-order valence-corrected chi connectivity index (χ0v) is 14.6. The van der Waals surface area contributed by atoms with Gasteiger partial charge >= 0.3 is 12.1 Å². The highest BCUT2D eigenvalue weighted by molar-refractivity contribution is 5.82. The molecular formula is C18H23NO6. The van der Waals surface area contributed by atoms with Crippen LogP contribution < -0.4 is 0 Å². The number of benzene rings is 1. The molecule has 7 heteroatoms. The maximum atomic E-state index is 12.7. The lowest BCUT2D eigenvalue weighted by molar-refractivity contribution is -0.281. The van der Waals surface area contributed by atoms with Gasteiger partial charge in [0.25, 0.3) is 0 Å².